The van der Waals surface area contributed by atoms with Crippen LogP contribution in [0.25, 0.3) is 21.9 Å². The van der Waals surface area contributed by atoms with E-state index >= 15 is 0 Å². The largest absolute Gasteiger partial charge is 0.478 e. The highest BCUT2D eigenvalue weighted by Gasteiger charge is 2.21. The van der Waals surface area contributed by atoms with Gasteiger partial charge in [0.1, 0.15) is 10.0 Å². The molecule has 8 heteroatoms. The van der Waals surface area contributed by atoms with Crippen molar-refractivity contribution >= 4 is 44.1 Å². The second kappa shape index (κ2) is 8.02. The number of anilines is 1. The van der Waals surface area contributed by atoms with Crippen LogP contribution in [-0.4, -0.2) is 24.5 Å². The lowest BCUT2D eigenvalue weighted by molar-refractivity contribution is 0.0697. The normalized spacial score (nSPS) is 11.4. The first-order valence-electron chi connectivity index (χ1n) is 9.28. The van der Waals surface area contributed by atoms with Crippen molar-refractivity contribution in [1.29, 1.82) is 0 Å². The summed E-state index contributed by atoms with van der Waals surface area (Å²) in [6.45, 7) is 1.72. The molecule has 0 saturated carbocycles. The van der Waals surface area contributed by atoms with Gasteiger partial charge >= 0.3 is 5.97 Å². The van der Waals surface area contributed by atoms with Gasteiger partial charge in [0.2, 0.25) is 0 Å². The number of carboxylic acids is 1. The van der Waals surface area contributed by atoms with Gasteiger partial charge in [0, 0.05) is 11.1 Å². The van der Waals surface area contributed by atoms with E-state index in [0.29, 0.717) is 16.8 Å². The zero-order valence-corrected chi connectivity index (χ0v) is 17.9. The van der Waals surface area contributed by atoms with Crippen LogP contribution in [-0.2, 0) is 10.0 Å². The van der Waals surface area contributed by atoms with Crippen LogP contribution in [0.1, 0.15) is 16.1 Å². The summed E-state index contributed by atoms with van der Waals surface area (Å²) < 4.78 is 28.5. The van der Waals surface area contributed by atoms with Crippen molar-refractivity contribution in [3.63, 3.8) is 0 Å². The molecule has 0 bridgehead atoms. The molecule has 3 aromatic carbocycles. The van der Waals surface area contributed by atoms with Crippen LogP contribution in [0.2, 0.25) is 5.15 Å². The van der Waals surface area contributed by atoms with E-state index in [4.69, 9.17) is 11.6 Å². The van der Waals surface area contributed by atoms with Gasteiger partial charge in [-0.2, -0.15) is 0 Å². The monoisotopic (exact) mass is 452 g/mol. The van der Waals surface area contributed by atoms with Gasteiger partial charge in [-0.25, -0.2) is 18.2 Å². The SMILES string of the molecule is Cc1ccc(S(=O)(=O)Nc2ccc(-c3cccc(C(=O)O)c3)c3ccccc23)c(Cl)n1. The maximum Gasteiger partial charge on any atom is 0.335 e. The summed E-state index contributed by atoms with van der Waals surface area (Å²) in [6.07, 6.45) is 0. The predicted octanol–water partition coefficient (Wildman–Crippen LogP) is 5.36. The lowest BCUT2D eigenvalue weighted by Gasteiger charge is -2.14. The fourth-order valence-corrected chi connectivity index (χ4v) is 4.97. The Kier molecular flexibility index (Phi) is 5.39. The number of fused-ring (bicyclic) bond motifs is 1. The average Bonchev–Trinajstić information content (AvgIpc) is 2.73. The maximum atomic E-state index is 13.0. The molecule has 31 heavy (non-hydrogen) atoms. The first-order chi connectivity index (χ1) is 14.8. The molecule has 4 rings (SSSR count). The van der Waals surface area contributed by atoms with Crippen molar-refractivity contribution in [3.8, 4) is 11.1 Å². The number of hydrogen-bond acceptors (Lipinski definition) is 4. The molecule has 0 saturated heterocycles. The standard InChI is InChI=1S/C23H17ClN2O4S/c1-14-9-12-21(22(24)25-14)31(29,30)26-20-11-10-17(18-7-2-3-8-19(18)20)15-5-4-6-16(13-15)23(27)28/h2-13,26H,1H3,(H,27,28). The molecule has 0 atom stereocenters. The number of rotatable bonds is 5. The quantitative estimate of drug-likeness (QED) is 0.397. The molecule has 1 aromatic heterocycles. The van der Waals surface area contributed by atoms with Crippen LogP contribution in [0.15, 0.2) is 77.7 Å². The molecule has 0 aliphatic rings. The number of halogens is 1. The van der Waals surface area contributed by atoms with E-state index in [2.05, 4.69) is 9.71 Å². The number of hydrogen-bond donors (Lipinski definition) is 2. The van der Waals surface area contributed by atoms with Crippen molar-refractivity contribution in [2.45, 2.75) is 11.8 Å². The van der Waals surface area contributed by atoms with E-state index in [1.54, 1.807) is 49.4 Å². The Morgan fingerprint density at radius 3 is 2.42 bits per heavy atom. The third-order valence-electron chi connectivity index (χ3n) is 4.83. The Balaban J connectivity index is 1.82. The summed E-state index contributed by atoms with van der Waals surface area (Å²) in [5.74, 6) is -1.01. The van der Waals surface area contributed by atoms with Crippen LogP contribution >= 0.6 is 11.6 Å². The van der Waals surface area contributed by atoms with E-state index in [0.717, 1.165) is 16.5 Å². The van der Waals surface area contributed by atoms with Crippen LogP contribution in [0.3, 0.4) is 0 Å². The topological polar surface area (TPSA) is 96.4 Å². The molecule has 0 aliphatic heterocycles. The number of carboxylic acid groups (broad SMARTS) is 1. The Morgan fingerprint density at radius 2 is 1.71 bits per heavy atom. The molecule has 0 unspecified atom stereocenters. The first-order valence-corrected chi connectivity index (χ1v) is 11.1. The second-order valence-corrected chi connectivity index (χ2v) is 8.95. The maximum absolute atomic E-state index is 13.0. The van der Waals surface area contributed by atoms with Crippen LogP contribution in [0.5, 0.6) is 0 Å². The molecule has 0 spiro atoms. The fourth-order valence-electron chi connectivity index (χ4n) is 3.37. The summed E-state index contributed by atoms with van der Waals surface area (Å²) >= 11 is 6.07. The lowest BCUT2D eigenvalue weighted by atomic mass is 9.96. The molecule has 1 heterocycles. The molecule has 2 N–H and O–H groups in total. The fraction of sp³-hybridized carbons (Fsp3) is 0.0435. The molecule has 0 amide bonds. The van der Waals surface area contributed by atoms with Crippen molar-refractivity contribution in [1.82, 2.24) is 4.98 Å². The van der Waals surface area contributed by atoms with E-state index in [1.807, 2.05) is 18.2 Å². The minimum Gasteiger partial charge on any atom is -0.478 e. The van der Waals surface area contributed by atoms with Crippen molar-refractivity contribution < 1.29 is 18.3 Å². The van der Waals surface area contributed by atoms with Crippen LogP contribution < -0.4 is 4.72 Å². The minimum atomic E-state index is -3.97. The second-order valence-electron chi connectivity index (χ2n) is 6.94. The van der Waals surface area contributed by atoms with Crippen molar-refractivity contribution in [2.24, 2.45) is 0 Å². The summed E-state index contributed by atoms with van der Waals surface area (Å²) in [4.78, 5) is 15.3. The molecule has 156 valence electrons. The van der Waals surface area contributed by atoms with Gasteiger partial charge in [0.25, 0.3) is 10.0 Å². The van der Waals surface area contributed by atoms with E-state index in [1.165, 1.54) is 12.1 Å². The number of nitrogens with zero attached hydrogens (tertiary/aromatic N) is 1. The number of nitrogens with one attached hydrogen (secondary N) is 1. The number of sulfonamides is 1. The highest BCUT2D eigenvalue weighted by atomic mass is 35.5. The highest BCUT2D eigenvalue weighted by molar-refractivity contribution is 7.92. The minimum absolute atomic E-state index is 0.0982. The number of pyridine rings is 1. The lowest BCUT2D eigenvalue weighted by Crippen LogP contribution is -2.14. The predicted molar refractivity (Wildman–Crippen MR) is 121 cm³/mol. The van der Waals surface area contributed by atoms with E-state index < -0.39 is 16.0 Å². The van der Waals surface area contributed by atoms with Gasteiger partial charge in [-0.1, -0.05) is 54.1 Å². The van der Waals surface area contributed by atoms with Gasteiger partial charge in [-0.15, -0.1) is 0 Å². The number of aromatic nitrogens is 1. The first kappa shape index (κ1) is 20.8. The van der Waals surface area contributed by atoms with Gasteiger partial charge in [0.05, 0.1) is 11.3 Å². The summed E-state index contributed by atoms with van der Waals surface area (Å²) in [5, 5.41) is 10.6. The van der Waals surface area contributed by atoms with Gasteiger partial charge in [-0.05, 0) is 53.8 Å². The number of benzene rings is 3. The molecule has 4 aromatic rings. The van der Waals surface area contributed by atoms with Crippen molar-refractivity contribution in [3.05, 3.63) is 89.2 Å². The number of aromatic carboxylic acids is 1. The highest BCUT2D eigenvalue weighted by Crippen LogP contribution is 2.35. The van der Waals surface area contributed by atoms with Crippen LogP contribution in [0, 0.1) is 6.92 Å². The Hall–Kier alpha value is -3.42. The third kappa shape index (κ3) is 4.10. The number of carbonyl (C=O) groups is 1. The molecular formula is C23H17ClN2O4S. The number of aryl methyl sites for hydroxylation is 1. The Bertz CT molecular complexity index is 1430. The summed E-state index contributed by atoms with van der Waals surface area (Å²) in [6, 6.07) is 20.3. The van der Waals surface area contributed by atoms with Gasteiger partial charge in [-0.3, -0.25) is 4.72 Å². The molecule has 6 nitrogen and oxygen atoms in total. The Labute approximate surface area is 184 Å². The molecule has 0 radical (unpaired) electrons. The third-order valence-corrected chi connectivity index (χ3v) is 6.63. The molecule has 0 fully saturated rings. The van der Waals surface area contributed by atoms with E-state index in [-0.39, 0.29) is 15.6 Å². The van der Waals surface area contributed by atoms with Gasteiger partial charge in [0.15, 0.2) is 0 Å². The van der Waals surface area contributed by atoms with Gasteiger partial charge < -0.3 is 5.11 Å². The molecule has 0 aliphatic carbocycles. The smallest absolute Gasteiger partial charge is 0.335 e. The zero-order chi connectivity index (χ0) is 22.2. The van der Waals surface area contributed by atoms with Crippen LogP contribution in [0.4, 0.5) is 5.69 Å². The average molecular weight is 453 g/mol. The Morgan fingerprint density at radius 1 is 0.968 bits per heavy atom. The zero-order valence-electron chi connectivity index (χ0n) is 16.3. The summed E-state index contributed by atoms with van der Waals surface area (Å²) in [5.41, 5.74) is 2.67. The molecular weight excluding hydrogens is 436 g/mol. The summed E-state index contributed by atoms with van der Waals surface area (Å²) in [7, 11) is -3.97. The van der Waals surface area contributed by atoms with Crippen molar-refractivity contribution in [2.75, 3.05) is 4.72 Å². The van der Waals surface area contributed by atoms with E-state index in [9.17, 15) is 18.3 Å².